The molecule has 224 valence electrons. The first-order chi connectivity index (χ1) is 18.9. The topological polar surface area (TPSA) is 142 Å². The van der Waals surface area contributed by atoms with Gasteiger partial charge in [0, 0.05) is 19.3 Å². The predicted octanol–water partition coefficient (Wildman–Crippen LogP) is 5.30. The van der Waals surface area contributed by atoms with Gasteiger partial charge >= 0.3 is 18.1 Å². The van der Waals surface area contributed by atoms with Gasteiger partial charge in [0.25, 0.3) is 10.0 Å². The minimum atomic E-state index is -5.08. The van der Waals surface area contributed by atoms with Crippen molar-refractivity contribution in [1.29, 1.82) is 0 Å². The Hall–Kier alpha value is -4.07. The number of carboxylic acid groups (broad SMARTS) is 2. The van der Waals surface area contributed by atoms with Crippen LogP contribution in [0.25, 0.3) is 0 Å². The first kappa shape index (κ1) is 33.1. The Morgan fingerprint density at radius 3 is 2.12 bits per heavy atom. The van der Waals surface area contributed by atoms with Crippen molar-refractivity contribution in [2.24, 2.45) is 0 Å². The number of nitrogens with one attached hydrogen (secondary N) is 1. The van der Waals surface area contributed by atoms with E-state index in [0.29, 0.717) is 17.8 Å². The summed E-state index contributed by atoms with van der Waals surface area (Å²) in [5.74, 6) is -3.89. The third-order valence-corrected chi connectivity index (χ3v) is 7.56. The number of alkyl halides is 3. The number of sulfonamides is 1. The molecule has 0 saturated heterocycles. The third kappa shape index (κ3) is 8.71. The number of anilines is 2. The normalized spacial score (nSPS) is 11.4. The van der Waals surface area contributed by atoms with Crippen molar-refractivity contribution in [3.8, 4) is 0 Å². The highest BCUT2D eigenvalue weighted by atomic mass is 32.2. The molecule has 3 aromatic rings. The lowest BCUT2D eigenvalue weighted by Gasteiger charge is -2.22. The highest BCUT2D eigenvalue weighted by molar-refractivity contribution is 7.92. The number of aromatic carboxylic acids is 1. The van der Waals surface area contributed by atoms with Gasteiger partial charge in [0.2, 0.25) is 0 Å². The minimum absolute atomic E-state index is 0.0118. The van der Waals surface area contributed by atoms with Gasteiger partial charge in [-0.1, -0.05) is 13.0 Å². The van der Waals surface area contributed by atoms with E-state index in [-0.39, 0.29) is 16.1 Å². The molecule has 0 aliphatic carbocycles. The number of hydrogen-bond acceptors (Lipinski definition) is 6. The van der Waals surface area contributed by atoms with E-state index < -0.39 is 28.1 Å². The van der Waals surface area contributed by atoms with Crippen molar-refractivity contribution in [1.82, 2.24) is 9.78 Å². The molecular weight excluding hydrogens is 565 g/mol. The number of aromatic nitrogens is 2. The molecule has 0 atom stereocenters. The van der Waals surface area contributed by atoms with Crippen molar-refractivity contribution in [3.05, 3.63) is 70.0 Å². The van der Waals surface area contributed by atoms with Crippen LogP contribution in [-0.4, -0.2) is 53.6 Å². The van der Waals surface area contributed by atoms with E-state index in [1.54, 1.807) is 25.1 Å². The lowest BCUT2D eigenvalue weighted by Crippen LogP contribution is -2.22. The standard InChI is InChI=1S/C25H32N4O4S.C2HF3O2/c1-7-10-29-21(13-19(5)26-29)15-28(6)23-9-8-20(14-22(23)25(30)31)27-34(32,33)24-12-17(3)16(2)11-18(24)4;3-2(4,5)1(6)7/h8-9,11-14,27H,7,10,15H2,1-6H3,(H,30,31);(H,6,7). The molecular formula is C27H33F3N4O6S. The summed E-state index contributed by atoms with van der Waals surface area (Å²) in [6.45, 7) is 10.8. The van der Waals surface area contributed by atoms with Gasteiger partial charge in [-0.3, -0.25) is 9.40 Å². The number of nitrogens with zero attached hydrogens (tertiary/aromatic N) is 3. The van der Waals surface area contributed by atoms with Crippen molar-refractivity contribution >= 4 is 33.3 Å². The van der Waals surface area contributed by atoms with Crippen LogP contribution >= 0.6 is 0 Å². The maximum atomic E-state index is 13.0. The van der Waals surface area contributed by atoms with Crippen LogP contribution in [0, 0.1) is 27.7 Å². The SMILES string of the molecule is CCCn1nc(C)cc1CN(C)c1ccc(NS(=O)(=O)c2cc(C)c(C)cc2C)cc1C(=O)O.O=C(O)C(F)(F)F. The van der Waals surface area contributed by atoms with Crippen LogP contribution in [0.3, 0.4) is 0 Å². The molecule has 3 rings (SSSR count). The minimum Gasteiger partial charge on any atom is -0.478 e. The Morgan fingerprint density at radius 2 is 1.59 bits per heavy atom. The lowest BCUT2D eigenvalue weighted by atomic mass is 10.1. The maximum absolute atomic E-state index is 13.0. The fourth-order valence-corrected chi connectivity index (χ4v) is 5.36. The fourth-order valence-electron chi connectivity index (χ4n) is 4.00. The van der Waals surface area contributed by atoms with Gasteiger partial charge in [-0.2, -0.15) is 18.3 Å². The number of carbonyl (C=O) groups is 2. The first-order valence-electron chi connectivity index (χ1n) is 12.4. The van der Waals surface area contributed by atoms with E-state index >= 15 is 0 Å². The molecule has 10 nitrogen and oxygen atoms in total. The molecule has 1 heterocycles. The van der Waals surface area contributed by atoms with Gasteiger partial charge in [0.05, 0.1) is 34.1 Å². The smallest absolute Gasteiger partial charge is 0.478 e. The maximum Gasteiger partial charge on any atom is 0.490 e. The van der Waals surface area contributed by atoms with Gasteiger partial charge in [-0.15, -0.1) is 0 Å². The number of carboxylic acids is 2. The van der Waals surface area contributed by atoms with Crippen LogP contribution < -0.4 is 9.62 Å². The van der Waals surface area contributed by atoms with Crippen molar-refractivity contribution in [2.75, 3.05) is 16.7 Å². The van der Waals surface area contributed by atoms with E-state index in [2.05, 4.69) is 16.7 Å². The molecule has 0 amide bonds. The average molecular weight is 599 g/mol. The molecule has 0 fully saturated rings. The van der Waals surface area contributed by atoms with Crippen molar-refractivity contribution < 1.29 is 41.4 Å². The van der Waals surface area contributed by atoms with E-state index in [1.807, 2.05) is 49.5 Å². The van der Waals surface area contributed by atoms with E-state index in [0.717, 1.165) is 35.5 Å². The summed E-state index contributed by atoms with van der Waals surface area (Å²) >= 11 is 0. The van der Waals surface area contributed by atoms with Gasteiger partial charge < -0.3 is 15.1 Å². The predicted molar refractivity (Wildman–Crippen MR) is 148 cm³/mol. The van der Waals surface area contributed by atoms with Crippen LogP contribution in [0.15, 0.2) is 41.3 Å². The van der Waals surface area contributed by atoms with Crippen molar-refractivity contribution in [3.63, 3.8) is 0 Å². The van der Waals surface area contributed by atoms with Gasteiger partial charge in [0.15, 0.2) is 0 Å². The Balaban J connectivity index is 0.000000745. The van der Waals surface area contributed by atoms with E-state index in [9.17, 15) is 31.5 Å². The Labute approximate surface area is 236 Å². The molecule has 0 spiro atoms. The molecule has 0 bridgehead atoms. The van der Waals surface area contributed by atoms with Crippen molar-refractivity contribution in [2.45, 2.75) is 65.2 Å². The highest BCUT2D eigenvalue weighted by Gasteiger charge is 2.38. The molecule has 41 heavy (non-hydrogen) atoms. The Morgan fingerprint density at radius 1 is 1.00 bits per heavy atom. The van der Waals surface area contributed by atoms with Gasteiger partial charge in [-0.05, 0) is 81.1 Å². The summed E-state index contributed by atoms with van der Waals surface area (Å²) in [6, 6.07) is 10.0. The van der Waals surface area contributed by atoms with Crippen LogP contribution in [0.4, 0.5) is 24.5 Å². The largest absolute Gasteiger partial charge is 0.490 e. The summed E-state index contributed by atoms with van der Waals surface area (Å²) in [5, 5.41) is 21.5. The third-order valence-electron chi connectivity index (χ3n) is 6.03. The van der Waals surface area contributed by atoms with Crippen LogP contribution in [0.5, 0.6) is 0 Å². The molecule has 0 unspecified atom stereocenters. The van der Waals surface area contributed by atoms with Crippen LogP contribution in [0.1, 0.15) is 51.8 Å². The number of rotatable bonds is 9. The van der Waals surface area contributed by atoms with Gasteiger partial charge in [-0.25, -0.2) is 18.0 Å². The molecule has 0 radical (unpaired) electrons. The molecule has 14 heteroatoms. The highest BCUT2D eigenvalue weighted by Crippen LogP contribution is 2.28. The second kappa shape index (κ2) is 13.1. The summed E-state index contributed by atoms with van der Waals surface area (Å²) < 4.78 is 62.3. The summed E-state index contributed by atoms with van der Waals surface area (Å²) in [6.07, 6.45) is -4.15. The number of benzene rings is 2. The second-order valence-electron chi connectivity index (χ2n) is 9.50. The number of aryl methyl sites for hydroxylation is 5. The number of halogens is 3. The molecule has 1 aromatic heterocycles. The van der Waals surface area contributed by atoms with E-state index in [1.165, 1.54) is 6.07 Å². The molecule has 0 saturated carbocycles. The summed E-state index contributed by atoms with van der Waals surface area (Å²) in [7, 11) is -2.08. The van der Waals surface area contributed by atoms with E-state index in [4.69, 9.17) is 9.90 Å². The summed E-state index contributed by atoms with van der Waals surface area (Å²) in [4.78, 5) is 23.0. The van der Waals surface area contributed by atoms with Crippen LogP contribution in [0.2, 0.25) is 0 Å². The summed E-state index contributed by atoms with van der Waals surface area (Å²) in [5.41, 5.74) is 5.08. The van der Waals surface area contributed by atoms with Gasteiger partial charge in [0.1, 0.15) is 0 Å². The zero-order valence-corrected chi connectivity index (χ0v) is 24.3. The average Bonchev–Trinajstić information content (AvgIpc) is 3.19. The first-order valence-corrected chi connectivity index (χ1v) is 13.9. The molecule has 0 aliphatic heterocycles. The molecule has 0 aliphatic rings. The zero-order chi connectivity index (χ0) is 31.3. The zero-order valence-electron chi connectivity index (χ0n) is 23.5. The Bertz CT molecular complexity index is 1530. The fraction of sp³-hybridized carbons (Fsp3) is 0.370. The lowest BCUT2D eigenvalue weighted by molar-refractivity contribution is -0.192. The quantitative estimate of drug-likeness (QED) is 0.302. The Kier molecular flexibility index (Phi) is 10.6. The monoisotopic (exact) mass is 598 g/mol. The second-order valence-corrected chi connectivity index (χ2v) is 11.2. The number of aliphatic carboxylic acids is 1. The van der Waals surface area contributed by atoms with Crippen LogP contribution in [-0.2, 0) is 27.9 Å². The molecule has 2 aromatic carbocycles. The number of hydrogen-bond donors (Lipinski definition) is 3. The molecule has 3 N–H and O–H groups in total.